The number of carbonyl (C=O) groups is 2. The first-order valence-corrected chi connectivity index (χ1v) is 6.64. The second-order valence-corrected chi connectivity index (χ2v) is 4.72. The van der Waals surface area contributed by atoms with Crippen LogP contribution in [0, 0.1) is 0 Å². The van der Waals surface area contributed by atoms with Gasteiger partial charge in [0.05, 0.1) is 5.97 Å². The molecule has 22 heavy (non-hydrogen) atoms. The normalized spacial score (nSPS) is 15.9. The Morgan fingerprint density at radius 3 is 2.41 bits per heavy atom. The summed E-state index contributed by atoms with van der Waals surface area (Å²) in [5.74, 6) is -0.514. The van der Waals surface area contributed by atoms with Crippen LogP contribution in [-0.2, 0) is 4.79 Å². The van der Waals surface area contributed by atoms with Crippen molar-refractivity contribution < 1.29 is 24.2 Å². The Kier molecular flexibility index (Phi) is 3.65. The lowest BCUT2D eigenvalue weighted by Crippen LogP contribution is -2.40. The van der Waals surface area contributed by atoms with Crippen molar-refractivity contribution in [3.63, 3.8) is 0 Å². The first-order chi connectivity index (χ1) is 10.6. The van der Waals surface area contributed by atoms with Gasteiger partial charge in [0.1, 0.15) is 6.61 Å². The van der Waals surface area contributed by atoms with E-state index in [2.05, 4.69) is 5.32 Å². The molecule has 0 spiro atoms. The van der Waals surface area contributed by atoms with Gasteiger partial charge in [-0.25, -0.2) is 0 Å². The van der Waals surface area contributed by atoms with Gasteiger partial charge in [0.25, 0.3) is 5.91 Å². The molecule has 1 heterocycles. The highest BCUT2D eigenvalue weighted by Gasteiger charge is 2.27. The van der Waals surface area contributed by atoms with Crippen molar-refractivity contribution in [2.75, 3.05) is 11.9 Å². The van der Waals surface area contributed by atoms with Crippen LogP contribution < -0.4 is 19.9 Å². The monoisotopic (exact) mass is 298 g/mol. The minimum absolute atomic E-state index is 0.0455. The van der Waals surface area contributed by atoms with Crippen molar-refractivity contribution in [3.05, 3.63) is 54.1 Å². The molecule has 0 unspecified atom stereocenters. The van der Waals surface area contributed by atoms with Gasteiger partial charge in [-0.05, 0) is 29.8 Å². The molecule has 2 aromatic rings. The summed E-state index contributed by atoms with van der Waals surface area (Å²) in [6, 6.07) is 12.8. The van der Waals surface area contributed by atoms with E-state index in [0.717, 1.165) is 0 Å². The summed E-state index contributed by atoms with van der Waals surface area (Å²) in [6.07, 6.45) is -0.768. The Labute approximate surface area is 126 Å². The summed E-state index contributed by atoms with van der Waals surface area (Å²) in [7, 11) is 0. The molecule has 0 bridgehead atoms. The molecule has 1 aliphatic heterocycles. The Balaban J connectivity index is 1.66. The average molecular weight is 298 g/mol. The topological polar surface area (TPSA) is 87.7 Å². The number of carboxylic acid groups (broad SMARTS) is 1. The molecule has 1 atom stereocenters. The largest absolute Gasteiger partial charge is 0.545 e. The van der Waals surface area contributed by atoms with Gasteiger partial charge in [-0.1, -0.05) is 24.3 Å². The van der Waals surface area contributed by atoms with Crippen LogP contribution in [0.4, 0.5) is 5.69 Å². The molecule has 1 aliphatic rings. The lowest BCUT2D eigenvalue weighted by Gasteiger charge is -2.25. The summed E-state index contributed by atoms with van der Waals surface area (Å²) in [6.45, 7) is 0.111. The van der Waals surface area contributed by atoms with Gasteiger partial charge in [-0.15, -0.1) is 0 Å². The molecule has 1 N–H and O–H groups in total. The molecule has 6 nitrogen and oxygen atoms in total. The summed E-state index contributed by atoms with van der Waals surface area (Å²) < 4.78 is 11.1. The Morgan fingerprint density at radius 2 is 1.73 bits per heavy atom. The van der Waals surface area contributed by atoms with Crippen LogP contribution in [0.15, 0.2) is 48.5 Å². The number of hydrogen-bond acceptors (Lipinski definition) is 5. The molecule has 0 radical (unpaired) electrons. The van der Waals surface area contributed by atoms with Crippen molar-refractivity contribution in [1.82, 2.24) is 0 Å². The number of amides is 1. The highest BCUT2D eigenvalue weighted by Crippen LogP contribution is 2.31. The van der Waals surface area contributed by atoms with Crippen LogP contribution in [0.25, 0.3) is 0 Å². The summed E-state index contributed by atoms with van der Waals surface area (Å²) in [4.78, 5) is 22.8. The van der Waals surface area contributed by atoms with Crippen LogP contribution in [-0.4, -0.2) is 24.6 Å². The first kappa shape index (κ1) is 13.9. The standard InChI is InChI=1S/C16H13NO5/c18-15(17-11-7-5-10(6-8-11)16(19)20)14-9-21-12-3-1-2-4-13(12)22-14/h1-8,14H,9H2,(H,17,18)(H,19,20)/p-1/t14-/m1/s1. The maximum absolute atomic E-state index is 12.2. The molecule has 112 valence electrons. The minimum atomic E-state index is -1.27. The van der Waals surface area contributed by atoms with E-state index >= 15 is 0 Å². The second kappa shape index (κ2) is 5.77. The molecular formula is C16H12NO5-. The number of anilines is 1. The second-order valence-electron chi connectivity index (χ2n) is 4.72. The predicted molar refractivity (Wildman–Crippen MR) is 75.8 cm³/mol. The highest BCUT2D eigenvalue weighted by molar-refractivity contribution is 5.95. The number of aromatic carboxylic acids is 1. The molecule has 0 saturated heterocycles. The summed E-state index contributed by atoms with van der Waals surface area (Å²) in [5, 5.41) is 13.3. The van der Waals surface area contributed by atoms with Gasteiger partial charge in [0.2, 0.25) is 6.10 Å². The molecule has 1 amide bonds. The molecular weight excluding hydrogens is 286 g/mol. The fraction of sp³-hybridized carbons (Fsp3) is 0.125. The van der Waals surface area contributed by atoms with Crippen molar-refractivity contribution in [2.24, 2.45) is 0 Å². The van der Waals surface area contributed by atoms with E-state index in [-0.39, 0.29) is 18.1 Å². The molecule has 0 saturated carbocycles. The van der Waals surface area contributed by atoms with Gasteiger partial charge in [0, 0.05) is 5.69 Å². The van der Waals surface area contributed by atoms with Gasteiger partial charge in [-0.2, -0.15) is 0 Å². The number of carboxylic acids is 1. The van der Waals surface area contributed by atoms with E-state index in [1.54, 1.807) is 18.2 Å². The van der Waals surface area contributed by atoms with Gasteiger partial charge < -0.3 is 24.7 Å². The Hall–Kier alpha value is -3.02. The molecule has 2 aromatic carbocycles. The van der Waals surface area contributed by atoms with E-state index < -0.39 is 12.1 Å². The number of benzene rings is 2. The van der Waals surface area contributed by atoms with E-state index in [9.17, 15) is 14.7 Å². The third-order valence-corrected chi connectivity index (χ3v) is 3.19. The fourth-order valence-corrected chi connectivity index (χ4v) is 2.06. The highest BCUT2D eigenvalue weighted by atomic mass is 16.6. The smallest absolute Gasteiger partial charge is 0.269 e. The lowest BCUT2D eigenvalue weighted by atomic mass is 10.2. The van der Waals surface area contributed by atoms with Crippen molar-refractivity contribution >= 4 is 17.6 Å². The minimum Gasteiger partial charge on any atom is -0.545 e. The predicted octanol–water partition coefficient (Wildman–Crippen LogP) is 0.829. The van der Waals surface area contributed by atoms with Crippen LogP contribution in [0.1, 0.15) is 10.4 Å². The lowest BCUT2D eigenvalue weighted by molar-refractivity contribution is -0.255. The Morgan fingerprint density at radius 1 is 1.05 bits per heavy atom. The molecule has 0 aromatic heterocycles. The number of rotatable bonds is 3. The van der Waals surface area contributed by atoms with Crippen molar-refractivity contribution in [2.45, 2.75) is 6.10 Å². The van der Waals surface area contributed by atoms with Crippen molar-refractivity contribution in [3.8, 4) is 11.5 Å². The zero-order valence-electron chi connectivity index (χ0n) is 11.4. The number of fused-ring (bicyclic) bond motifs is 1. The third kappa shape index (κ3) is 2.85. The summed E-state index contributed by atoms with van der Waals surface area (Å²) >= 11 is 0. The number of ether oxygens (including phenoxy) is 2. The van der Waals surface area contributed by atoms with Crippen molar-refractivity contribution in [1.29, 1.82) is 0 Å². The van der Waals surface area contributed by atoms with E-state index in [1.165, 1.54) is 24.3 Å². The SMILES string of the molecule is O=C([O-])c1ccc(NC(=O)[C@H]2COc3ccccc3O2)cc1. The fourth-order valence-electron chi connectivity index (χ4n) is 2.06. The van der Waals surface area contributed by atoms with E-state index in [1.807, 2.05) is 6.07 Å². The maximum Gasteiger partial charge on any atom is 0.269 e. The number of carbonyl (C=O) groups excluding carboxylic acids is 2. The number of nitrogens with one attached hydrogen (secondary N) is 1. The van der Waals surface area contributed by atoms with Gasteiger partial charge in [0.15, 0.2) is 11.5 Å². The van der Waals surface area contributed by atoms with Gasteiger partial charge >= 0.3 is 0 Å². The van der Waals surface area contributed by atoms with Crippen LogP contribution in [0.3, 0.4) is 0 Å². The quantitative estimate of drug-likeness (QED) is 0.906. The molecule has 6 heteroatoms. The van der Waals surface area contributed by atoms with Gasteiger partial charge in [-0.3, -0.25) is 4.79 Å². The Bertz CT molecular complexity index is 711. The number of hydrogen-bond donors (Lipinski definition) is 1. The van der Waals surface area contributed by atoms with E-state index in [0.29, 0.717) is 17.2 Å². The van der Waals surface area contributed by atoms with Crippen LogP contribution in [0.5, 0.6) is 11.5 Å². The zero-order valence-corrected chi connectivity index (χ0v) is 11.4. The third-order valence-electron chi connectivity index (χ3n) is 3.19. The molecule has 0 fully saturated rings. The van der Waals surface area contributed by atoms with Crippen LogP contribution >= 0.6 is 0 Å². The maximum atomic E-state index is 12.2. The summed E-state index contributed by atoms with van der Waals surface area (Å²) in [5.41, 5.74) is 0.515. The first-order valence-electron chi connectivity index (χ1n) is 6.64. The number of para-hydroxylation sites is 2. The van der Waals surface area contributed by atoms with E-state index in [4.69, 9.17) is 9.47 Å². The molecule has 3 rings (SSSR count). The zero-order chi connectivity index (χ0) is 15.5. The molecule has 0 aliphatic carbocycles. The average Bonchev–Trinajstić information content (AvgIpc) is 2.55. The van der Waals surface area contributed by atoms with Crippen LogP contribution in [0.2, 0.25) is 0 Å².